The molecule has 0 aromatic heterocycles. The van der Waals surface area contributed by atoms with Crippen LogP contribution < -0.4 is 5.32 Å². The van der Waals surface area contributed by atoms with Gasteiger partial charge in [0.15, 0.2) is 0 Å². The molecule has 0 fully saturated rings. The SMILES string of the molecule is CCC(NC)c1ccc(-c2cc(F)c(C)cc2F)cc1. The van der Waals surface area contributed by atoms with Crippen LogP contribution in [0.5, 0.6) is 0 Å². The van der Waals surface area contributed by atoms with Gasteiger partial charge in [-0.1, -0.05) is 31.2 Å². The molecule has 0 saturated heterocycles. The number of hydrogen-bond acceptors (Lipinski definition) is 1. The van der Waals surface area contributed by atoms with Crippen LogP contribution in [-0.4, -0.2) is 7.05 Å². The summed E-state index contributed by atoms with van der Waals surface area (Å²) in [5.74, 6) is -0.774. The normalized spacial score (nSPS) is 12.4. The summed E-state index contributed by atoms with van der Waals surface area (Å²) in [6.07, 6.45) is 0.976. The molecule has 2 aromatic carbocycles. The fraction of sp³-hybridized carbons (Fsp3) is 0.294. The van der Waals surface area contributed by atoms with E-state index in [1.54, 1.807) is 6.92 Å². The van der Waals surface area contributed by atoms with Crippen LogP contribution in [-0.2, 0) is 0 Å². The third kappa shape index (κ3) is 2.88. The van der Waals surface area contributed by atoms with E-state index < -0.39 is 5.82 Å². The summed E-state index contributed by atoms with van der Waals surface area (Å²) in [5.41, 5.74) is 2.46. The number of hydrogen-bond donors (Lipinski definition) is 1. The van der Waals surface area contributed by atoms with Crippen LogP contribution in [0.2, 0.25) is 0 Å². The molecule has 1 nitrogen and oxygen atoms in total. The molecule has 0 heterocycles. The van der Waals surface area contributed by atoms with Crippen molar-refractivity contribution in [2.45, 2.75) is 26.3 Å². The second-order valence-corrected chi connectivity index (χ2v) is 4.95. The van der Waals surface area contributed by atoms with Crippen molar-refractivity contribution < 1.29 is 8.78 Å². The highest BCUT2D eigenvalue weighted by molar-refractivity contribution is 5.65. The number of benzene rings is 2. The summed E-state index contributed by atoms with van der Waals surface area (Å²) < 4.78 is 27.5. The summed E-state index contributed by atoms with van der Waals surface area (Å²) in [6, 6.07) is 10.4. The van der Waals surface area contributed by atoms with Crippen molar-refractivity contribution in [1.29, 1.82) is 0 Å². The quantitative estimate of drug-likeness (QED) is 0.859. The second-order valence-electron chi connectivity index (χ2n) is 4.95. The average Bonchev–Trinajstić information content (AvgIpc) is 2.45. The van der Waals surface area contributed by atoms with Crippen LogP contribution in [0, 0.1) is 18.6 Å². The molecular formula is C17H19F2N. The highest BCUT2D eigenvalue weighted by atomic mass is 19.1. The molecule has 0 aliphatic heterocycles. The molecule has 20 heavy (non-hydrogen) atoms. The zero-order chi connectivity index (χ0) is 14.7. The molecule has 0 aliphatic carbocycles. The topological polar surface area (TPSA) is 12.0 Å². The molecule has 1 atom stereocenters. The summed E-state index contributed by atoms with van der Waals surface area (Å²) in [4.78, 5) is 0. The maximum Gasteiger partial charge on any atom is 0.131 e. The molecule has 1 N–H and O–H groups in total. The molecule has 106 valence electrons. The van der Waals surface area contributed by atoms with Gasteiger partial charge in [0.1, 0.15) is 11.6 Å². The summed E-state index contributed by atoms with van der Waals surface area (Å²) >= 11 is 0. The molecule has 2 aromatic rings. The highest BCUT2D eigenvalue weighted by Gasteiger charge is 2.11. The van der Waals surface area contributed by atoms with Gasteiger partial charge in [-0.05, 0) is 49.2 Å². The van der Waals surface area contributed by atoms with Gasteiger partial charge in [0, 0.05) is 11.6 Å². The molecule has 0 saturated carbocycles. The minimum atomic E-state index is -0.391. The Hall–Kier alpha value is -1.74. The first-order chi connectivity index (χ1) is 9.56. The van der Waals surface area contributed by atoms with Gasteiger partial charge in [-0.3, -0.25) is 0 Å². The first-order valence-electron chi connectivity index (χ1n) is 6.80. The molecule has 0 amide bonds. The van der Waals surface area contributed by atoms with Crippen molar-refractivity contribution in [2.75, 3.05) is 7.05 Å². The fourth-order valence-electron chi connectivity index (χ4n) is 2.37. The number of rotatable bonds is 4. The Morgan fingerprint density at radius 3 is 2.25 bits per heavy atom. The van der Waals surface area contributed by atoms with Crippen LogP contribution in [0.1, 0.15) is 30.5 Å². The highest BCUT2D eigenvalue weighted by Crippen LogP contribution is 2.27. The van der Waals surface area contributed by atoms with E-state index in [2.05, 4.69) is 12.2 Å². The van der Waals surface area contributed by atoms with Gasteiger partial charge in [-0.25, -0.2) is 8.78 Å². The van der Waals surface area contributed by atoms with Crippen molar-refractivity contribution in [3.05, 3.63) is 59.2 Å². The van der Waals surface area contributed by atoms with Crippen LogP contribution in [0.3, 0.4) is 0 Å². The lowest BCUT2D eigenvalue weighted by molar-refractivity contribution is 0.577. The maximum absolute atomic E-state index is 13.9. The van der Waals surface area contributed by atoms with E-state index in [-0.39, 0.29) is 11.9 Å². The van der Waals surface area contributed by atoms with Crippen LogP contribution >= 0.6 is 0 Å². The summed E-state index contributed by atoms with van der Waals surface area (Å²) in [5, 5.41) is 3.22. The first-order valence-corrected chi connectivity index (χ1v) is 6.80. The van der Waals surface area contributed by atoms with Gasteiger partial charge in [0.05, 0.1) is 0 Å². The van der Waals surface area contributed by atoms with E-state index in [1.165, 1.54) is 12.1 Å². The molecule has 0 radical (unpaired) electrons. The van der Waals surface area contributed by atoms with Crippen molar-refractivity contribution in [1.82, 2.24) is 5.32 Å². The fourth-order valence-corrected chi connectivity index (χ4v) is 2.37. The molecule has 0 aliphatic rings. The van der Waals surface area contributed by atoms with E-state index in [1.807, 2.05) is 31.3 Å². The van der Waals surface area contributed by atoms with Crippen molar-refractivity contribution in [3.63, 3.8) is 0 Å². The maximum atomic E-state index is 13.9. The predicted octanol–water partition coefficient (Wildman–Crippen LogP) is 4.61. The second kappa shape index (κ2) is 6.14. The molecule has 0 spiro atoms. The smallest absolute Gasteiger partial charge is 0.131 e. The minimum absolute atomic E-state index is 0.281. The molecule has 0 bridgehead atoms. The number of aryl methyl sites for hydroxylation is 1. The Morgan fingerprint density at radius 1 is 1.05 bits per heavy atom. The van der Waals surface area contributed by atoms with Crippen LogP contribution in [0.15, 0.2) is 36.4 Å². The largest absolute Gasteiger partial charge is 0.313 e. The third-order valence-corrected chi connectivity index (χ3v) is 3.63. The third-order valence-electron chi connectivity index (χ3n) is 3.63. The van der Waals surface area contributed by atoms with E-state index in [0.29, 0.717) is 16.7 Å². The van der Waals surface area contributed by atoms with E-state index in [9.17, 15) is 8.78 Å². The average molecular weight is 275 g/mol. The van der Waals surface area contributed by atoms with Gasteiger partial charge in [0.2, 0.25) is 0 Å². The van der Waals surface area contributed by atoms with E-state index in [0.717, 1.165) is 12.0 Å². The Kier molecular flexibility index (Phi) is 4.50. The van der Waals surface area contributed by atoms with Gasteiger partial charge >= 0.3 is 0 Å². The van der Waals surface area contributed by atoms with E-state index in [4.69, 9.17) is 0 Å². The first kappa shape index (κ1) is 14.7. The van der Waals surface area contributed by atoms with Gasteiger partial charge < -0.3 is 5.32 Å². The predicted molar refractivity (Wildman–Crippen MR) is 78.6 cm³/mol. The zero-order valence-electron chi connectivity index (χ0n) is 12.0. The van der Waals surface area contributed by atoms with Crippen molar-refractivity contribution >= 4 is 0 Å². The molecule has 3 heteroatoms. The summed E-state index contributed by atoms with van der Waals surface area (Å²) in [7, 11) is 1.91. The van der Waals surface area contributed by atoms with E-state index >= 15 is 0 Å². The molecule has 1 unspecified atom stereocenters. The number of nitrogens with one attached hydrogen (secondary N) is 1. The monoisotopic (exact) mass is 275 g/mol. The Bertz CT molecular complexity index is 587. The van der Waals surface area contributed by atoms with Gasteiger partial charge in [-0.2, -0.15) is 0 Å². The molecule has 2 rings (SSSR count). The lowest BCUT2D eigenvalue weighted by Gasteiger charge is -2.15. The van der Waals surface area contributed by atoms with Crippen LogP contribution in [0.4, 0.5) is 8.78 Å². The van der Waals surface area contributed by atoms with Crippen molar-refractivity contribution in [2.24, 2.45) is 0 Å². The lowest BCUT2D eigenvalue weighted by atomic mass is 9.98. The van der Waals surface area contributed by atoms with Gasteiger partial charge in [0.25, 0.3) is 0 Å². The van der Waals surface area contributed by atoms with Gasteiger partial charge in [-0.15, -0.1) is 0 Å². The Labute approximate surface area is 118 Å². The zero-order valence-corrected chi connectivity index (χ0v) is 12.0. The Balaban J connectivity index is 2.37. The summed E-state index contributed by atoms with van der Waals surface area (Å²) in [6.45, 7) is 3.66. The standard InChI is InChI=1S/C17H19F2N/c1-4-17(20-3)13-7-5-12(6-8-13)14-10-15(18)11(2)9-16(14)19/h5-10,17,20H,4H2,1-3H3. The molecular weight excluding hydrogens is 256 g/mol. The van der Waals surface area contributed by atoms with Crippen LogP contribution in [0.25, 0.3) is 11.1 Å². The Morgan fingerprint density at radius 2 is 1.70 bits per heavy atom. The number of halogens is 2. The van der Waals surface area contributed by atoms with Crippen molar-refractivity contribution in [3.8, 4) is 11.1 Å². The minimum Gasteiger partial charge on any atom is -0.313 e. The lowest BCUT2D eigenvalue weighted by Crippen LogP contribution is -2.14.